The van der Waals surface area contributed by atoms with Gasteiger partial charge in [-0.2, -0.15) is 0 Å². The zero-order chi connectivity index (χ0) is 16.3. The van der Waals surface area contributed by atoms with Crippen molar-refractivity contribution in [1.82, 2.24) is 0 Å². The van der Waals surface area contributed by atoms with Gasteiger partial charge in [-0.3, -0.25) is 0 Å². The minimum absolute atomic E-state index is 1.14. The molecule has 0 saturated heterocycles. The van der Waals surface area contributed by atoms with E-state index in [1.54, 1.807) is 0 Å². The Morgan fingerprint density at radius 2 is 0.864 bits per heavy atom. The molecule has 0 radical (unpaired) electrons. The summed E-state index contributed by atoms with van der Waals surface area (Å²) >= 11 is 0. The fraction of sp³-hybridized carbons (Fsp3) is 0.727. The minimum atomic E-state index is 1.14. The molecule has 0 heteroatoms. The highest BCUT2D eigenvalue weighted by atomic mass is 14.0. The molecule has 0 atom stereocenters. The van der Waals surface area contributed by atoms with Gasteiger partial charge in [0.25, 0.3) is 0 Å². The Balaban J connectivity index is 0.000000461. The van der Waals surface area contributed by atoms with Crippen molar-refractivity contribution in [2.24, 2.45) is 0 Å². The van der Waals surface area contributed by atoms with Gasteiger partial charge in [-0.25, -0.2) is 0 Å². The summed E-state index contributed by atoms with van der Waals surface area (Å²) in [6.45, 7) is 6.73. The zero-order valence-corrected chi connectivity index (χ0v) is 15.6. The highest BCUT2D eigenvalue weighted by molar-refractivity contribution is 5.13. The summed E-state index contributed by atoms with van der Waals surface area (Å²) in [7, 11) is 0. The number of unbranched alkanes of at least 4 members (excludes halogenated alkanes) is 11. The largest absolute Gasteiger partial charge is 0.0654 e. The van der Waals surface area contributed by atoms with Gasteiger partial charge in [0.1, 0.15) is 0 Å². The molecule has 0 saturated carbocycles. The molecule has 1 aromatic rings. The Kier molecular flexibility index (Phi) is 17.6. The van der Waals surface area contributed by atoms with Crippen molar-refractivity contribution in [3.8, 4) is 0 Å². The smallest absolute Gasteiger partial charge is 0.0307 e. The molecule has 128 valence electrons. The van der Waals surface area contributed by atoms with Crippen LogP contribution in [0.1, 0.15) is 103 Å². The van der Waals surface area contributed by atoms with Crippen molar-refractivity contribution in [3.63, 3.8) is 0 Å². The standard InChI is InChI=1S/C14H30.C8H10/c1-3-5-7-9-11-13-14-12-10-8-6-4-2;1-2-8-6-4-3-5-7-8/h3-14H2,1-2H3;3-7H,2H2,1H3. The fourth-order valence-corrected chi connectivity index (χ4v) is 2.63. The molecule has 0 spiro atoms. The lowest BCUT2D eigenvalue weighted by Gasteiger charge is -2.01. The Hall–Kier alpha value is -0.780. The number of benzene rings is 1. The lowest BCUT2D eigenvalue weighted by molar-refractivity contribution is 0.548. The third-order valence-corrected chi connectivity index (χ3v) is 4.21. The summed E-state index contributed by atoms with van der Waals surface area (Å²) in [5.41, 5.74) is 1.41. The van der Waals surface area contributed by atoms with Crippen LogP contribution in [0.15, 0.2) is 30.3 Å². The van der Waals surface area contributed by atoms with Gasteiger partial charge in [0.15, 0.2) is 0 Å². The van der Waals surface area contributed by atoms with Crippen LogP contribution in [0.3, 0.4) is 0 Å². The maximum atomic E-state index is 2.29. The Morgan fingerprint density at radius 1 is 0.500 bits per heavy atom. The van der Waals surface area contributed by atoms with Crippen molar-refractivity contribution in [3.05, 3.63) is 35.9 Å². The van der Waals surface area contributed by atoms with Crippen LogP contribution in [0.2, 0.25) is 0 Å². The average molecular weight is 305 g/mol. The molecule has 0 amide bonds. The van der Waals surface area contributed by atoms with E-state index in [0.717, 1.165) is 6.42 Å². The van der Waals surface area contributed by atoms with Gasteiger partial charge in [-0.1, -0.05) is 128 Å². The van der Waals surface area contributed by atoms with Crippen molar-refractivity contribution >= 4 is 0 Å². The molecule has 0 unspecified atom stereocenters. The fourth-order valence-electron chi connectivity index (χ4n) is 2.63. The van der Waals surface area contributed by atoms with Gasteiger partial charge >= 0.3 is 0 Å². The van der Waals surface area contributed by atoms with Crippen LogP contribution >= 0.6 is 0 Å². The number of aryl methyl sites for hydroxylation is 1. The van der Waals surface area contributed by atoms with E-state index >= 15 is 0 Å². The van der Waals surface area contributed by atoms with Crippen LogP contribution in [0.25, 0.3) is 0 Å². The second-order valence-corrected chi connectivity index (χ2v) is 6.37. The van der Waals surface area contributed by atoms with Gasteiger partial charge in [-0.05, 0) is 12.0 Å². The van der Waals surface area contributed by atoms with E-state index in [-0.39, 0.29) is 0 Å². The first-order chi connectivity index (χ1) is 10.8. The Morgan fingerprint density at radius 3 is 1.14 bits per heavy atom. The predicted octanol–water partition coefficient (Wildman–Crippen LogP) is 7.96. The molecule has 0 bridgehead atoms. The second kappa shape index (κ2) is 18.3. The summed E-state index contributed by atoms with van der Waals surface area (Å²) in [4.78, 5) is 0. The van der Waals surface area contributed by atoms with Crippen LogP contribution in [0.4, 0.5) is 0 Å². The second-order valence-electron chi connectivity index (χ2n) is 6.37. The molecule has 1 aromatic carbocycles. The highest BCUT2D eigenvalue weighted by Crippen LogP contribution is 2.11. The third-order valence-electron chi connectivity index (χ3n) is 4.21. The first-order valence-corrected chi connectivity index (χ1v) is 9.89. The summed E-state index contributed by atoms with van der Waals surface area (Å²) in [5.74, 6) is 0. The summed E-state index contributed by atoms with van der Waals surface area (Å²) in [5, 5.41) is 0. The van der Waals surface area contributed by atoms with E-state index < -0.39 is 0 Å². The van der Waals surface area contributed by atoms with Crippen LogP contribution < -0.4 is 0 Å². The molecule has 0 heterocycles. The van der Waals surface area contributed by atoms with E-state index in [1.807, 2.05) is 6.07 Å². The lowest BCUT2D eigenvalue weighted by atomic mass is 10.1. The Bertz CT molecular complexity index is 276. The van der Waals surface area contributed by atoms with Gasteiger partial charge in [-0.15, -0.1) is 0 Å². The van der Waals surface area contributed by atoms with Gasteiger partial charge < -0.3 is 0 Å². The highest BCUT2D eigenvalue weighted by Gasteiger charge is 1.91. The van der Waals surface area contributed by atoms with Crippen LogP contribution in [0, 0.1) is 0 Å². The maximum absolute atomic E-state index is 2.29. The van der Waals surface area contributed by atoms with Crippen molar-refractivity contribution in [2.75, 3.05) is 0 Å². The molecule has 0 fully saturated rings. The lowest BCUT2D eigenvalue weighted by Crippen LogP contribution is -1.81. The van der Waals surface area contributed by atoms with Gasteiger partial charge in [0.05, 0.1) is 0 Å². The Labute approximate surface area is 140 Å². The third kappa shape index (κ3) is 15.6. The molecule has 0 aliphatic rings. The maximum Gasteiger partial charge on any atom is -0.0307 e. The molecule has 0 aliphatic heterocycles. The molecule has 0 N–H and O–H groups in total. The van der Waals surface area contributed by atoms with E-state index in [2.05, 4.69) is 45.0 Å². The molecule has 1 rings (SSSR count). The molecular formula is C22H40. The van der Waals surface area contributed by atoms with E-state index in [4.69, 9.17) is 0 Å². The quantitative estimate of drug-likeness (QED) is 0.343. The molecule has 0 aromatic heterocycles. The van der Waals surface area contributed by atoms with Gasteiger partial charge in [0.2, 0.25) is 0 Å². The topological polar surface area (TPSA) is 0 Å². The first kappa shape index (κ1) is 21.2. The molecule has 22 heavy (non-hydrogen) atoms. The minimum Gasteiger partial charge on any atom is -0.0654 e. The summed E-state index contributed by atoms with van der Waals surface area (Å²) < 4.78 is 0. The summed E-state index contributed by atoms with van der Waals surface area (Å²) in [6.07, 6.45) is 18.6. The van der Waals surface area contributed by atoms with Crippen molar-refractivity contribution < 1.29 is 0 Å². The van der Waals surface area contributed by atoms with Gasteiger partial charge in [0, 0.05) is 0 Å². The predicted molar refractivity (Wildman–Crippen MR) is 103 cm³/mol. The first-order valence-electron chi connectivity index (χ1n) is 9.89. The number of hydrogen-bond acceptors (Lipinski definition) is 0. The molecular weight excluding hydrogens is 264 g/mol. The number of rotatable bonds is 12. The van der Waals surface area contributed by atoms with E-state index in [9.17, 15) is 0 Å². The zero-order valence-electron chi connectivity index (χ0n) is 15.6. The van der Waals surface area contributed by atoms with Crippen LogP contribution in [0.5, 0.6) is 0 Å². The molecule has 0 aliphatic carbocycles. The number of hydrogen-bond donors (Lipinski definition) is 0. The van der Waals surface area contributed by atoms with Crippen LogP contribution in [-0.2, 0) is 6.42 Å². The van der Waals surface area contributed by atoms with Crippen LogP contribution in [-0.4, -0.2) is 0 Å². The van der Waals surface area contributed by atoms with Crippen molar-refractivity contribution in [2.45, 2.75) is 104 Å². The van der Waals surface area contributed by atoms with Crippen molar-refractivity contribution in [1.29, 1.82) is 0 Å². The van der Waals surface area contributed by atoms with E-state index in [0.29, 0.717) is 0 Å². The normalized spacial score (nSPS) is 10.1. The molecule has 0 nitrogen and oxygen atoms in total. The summed E-state index contributed by atoms with van der Waals surface area (Å²) in [6, 6.07) is 10.5. The average Bonchev–Trinajstić information content (AvgIpc) is 2.58. The van der Waals surface area contributed by atoms with E-state index in [1.165, 1.54) is 82.6 Å². The monoisotopic (exact) mass is 304 g/mol. The SMILES string of the molecule is CCCCCCCCCCCCCC.CCc1ccccc1.